The molecule has 1 nitrogen and oxygen atoms in total. The highest BCUT2D eigenvalue weighted by molar-refractivity contribution is 4.77. The third-order valence-electron chi connectivity index (χ3n) is 3.75. The fourth-order valence-electron chi connectivity index (χ4n) is 2.56. The van der Waals surface area contributed by atoms with Crippen LogP contribution < -0.4 is 0 Å². The summed E-state index contributed by atoms with van der Waals surface area (Å²) in [6.07, 6.45) is 8.58. The Balaban J connectivity index is 2.06. The van der Waals surface area contributed by atoms with Gasteiger partial charge in [0.25, 0.3) is 0 Å². The molecule has 0 aromatic carbocycles. The molecule has 1 saturated heterocycles. The molecule has 1 rings (SSSR count). The maximum Gasteiger partial charge on any atom is 0.000963 e. The molecule has 0 radical (unpaired) electrons. The van der Waals surface area contributed by atoms with Crippen LogP contribution in [0.5, 0.6) is 0 Å². The predicted molar refractivity (Wildman–Crippen MR) is 63.5 cm³/mol. The van der Waals surface area contributed by atoms with Crippen LogP contribution in [-0.4, -0.2) is 25.0 Å². The summed E-state index contributed by atoms with van der Waals surface area (Å²) in [6.45, 7) is 7.41. The van der Waals surface area contributed by atoms with Gasteiger partial charge in [-0.25, -0.2) is 0 Å². The Hall–Kier alpha value is -0.0400. The van der Waals surface area contributed by atoms with Gasteiger partial charge in [-0.1, -0.05) is 46.0 Å². The summed E-state index contributed by atoms with van der Waals surface area (Å²) in [5.74, 6) is 1.94. The first-order valence-electron chi connectivity index (χ1n) is 6.42. The molecular weight excluding hydrogens is 170 g/mol. The summed E-state index contributed by atoms with van der Waals surface area (Å²) in [5, 5.41) is 0. The highest BCUT2D eigenvalue weighted by Gasteiger charge is 2.24. The van der Waals surface area contributed by atoms with Crippen LogP contribution in [0.4, 0.5) is 0 Å². The zero-order valence-electron chi connectivity index (χ0n) is 10.3. The highest BCUT2D eigenvalue weighted by Crippen LogP contribution is 2.26. The Morgan fingerprint density at radius 3 is 2.64 bits per heavy atom. The molecule has 0 aliphatic carbocycles. The molecule has 1 heterocycles. The van der Waals surface area contributed by atoms with Gasteiger partial charge in [-0.15, -0.1) is 0 Å². The predicted octanol–water partition coefficient (Wildman–Crippen LogP) is 3.54. The van der Waals surface area contributed by atoms with Crippen LogP contribution in [0.15, 0.2) is 0 Å². The summed E-state index contributed by atoms with van der Waals surface area (Å²) < 4.78 is 0. The largest absolute Gasteiger partial charge is 0.306 e. The van der Waals surface area contributed by atoms with Crippen LogP contribution in [0.25, 0.3) is 0 Å². The van der Waals surface area contributed by atoms with Crippen LogP contribution in [0.1, 0.15) is 52.4 Å². The van der Waals surface area contributed by atoms with Crippen molar-refractivity contribution >= 4 is 0 Å². The average Bonchev–Trinajstić information content (AvgIpc) is 2.59. The molecule has 0 spiro atoms. The van der Waals surface area contributed by atoms with Crippen LogP contribution in [0.2, 0.25) is 0 Å². The van der Waals surface area contributed by atoms with Crippen LogP contribution >= 0.6 is 0 Å². The lowest BCUT2D eigenvalue weighted by molar-refractivity contribution is 0.315. The van der Waals surface area contributed by atoms with E-state index in [4.69, 9.17) is 0 Å². The van der Waals surface area contributed by atoms with E-state index in [1.807, 2.05) is 0 Å². The smallest absolute Gasteiger partial charge is 0.000963 e. The Kier molecular flexibility index (Phi) is 5.54. The number of hydrogen-bond acceptors (Lipinski definition) is 1. The van der Waals surface area contributed by atoms with Crippen LogP contribution in [0.3, 0.4) is 0 Å². The summed E-state index contributed by atoms with van der Waals surface area (Å²) >= 11 is 0. The van der Waals surface area contributed by atoms with Crippen molar-refractivity contribution in [3.05, 3.63) is 0 Å². The van der Waals surface area contributed by atoms with E-state index in [9.17, 15) is 0 Å². The summed E-state index contributed by atoms with van der Waals surface area (Å²) in [5.41, 5.74) is 0. The second-order valence-electron chi connectivity index (χ2n) is 5.14. The average molecular weight is 197 g/mol. The molecule has 1 aliphatic heterocycles. The Morgan fingerprint density at radius 2 is 2.07 bits per heavy atom. The highest BCUT2D eigenvalue weighted by atomic mass is 15.1. The first-order chi connectivity index (χ1) is 6.74. The Morgan fingerprint density at radius 1 is 1.29 bits per heavy atom. The molecule has 1 fully saturated rings. The maximum atomic E-state index is 2.48. The van der Waals surface area contributed by atoms with E-state index in [1.165, 1.54) is 51.6 Å². The van der Waals surface area contributed by atoms with E-state index in [2.05, 4.69) is 25.8 Å². The second kappa shape index (κ2) is 6.44. The Labute approximate surface area is 89.9 Å². The minimum Gasteiger partial charge on any atom is -0.306 e. The molecule has 1 heteroatoms. The lowest BCUT2D eigenvalue weighted by atomic mass is 9.88. The summed E-state index contributed by atoms with van der Waals surface area (Å²) in [6, 6.07) is 0. The quantitative estimate of drug-likeness (QED) is 0.589. The first kappa shape index (κ1) is 12.0. The van der Waals surface area contributed by atoms with E-state index in [1.54, 1.807) is 0 Å². The van der Waals surface area contributed by atoms with Crippen molar-refractivity contribution in [2.45, 2.75) is 52.4 Å². The summed E-state index contributed by atoms with van der Waals surface area (Å²) in [4.78, 5) is 2.48. The molecule has 14 heavy (non-hydrogen) atoms. The van der Waals surface area contributed by atoms with Gasteiger partial charge in [-0.2, -0.15) is 0 Å². The lowest BCUT2D eigenvalue weighted by Gasteiger charge is -2.18. The molecule has 0 aromatic rings. The van der Waals surface area contributed by atoms with Crippen molar-refractivity contribution in [2.75, 3.05) is 20.1 Å². The second-order valence-corrected chi connectivity index (χ2v) is 5.14. The zero-order valence-corrected chi connectivity index (χ0v) is 10.3. The fourth-order valence-corrected chi connectivity index (χ4v) is 2.56. The van der Waals surface area contributed by atoms with Crippen LogP contribution in [0, 0.1) is 11.8 Å². The van der Waals surface area contributed by atoms with Crippen molar-refractivity contribution < 1.29 is 0 Å². The third kappa shape index (κ3) is 4.00. The van der Waals surface area contributed by atoms with Gasteiger partial charge >= 0.3 is 0 Å². The van der Waals surface area contributed by atoms with Gasteiger partial charge in [0, 0.05) is 6.54 Å². The van der Waals surface area contributed by atoms with Crippen molar-refractivity contribution in [1.82, 2.24) is 4.90 Å². The maximum absolute atomic E-state index is 2.48. The van der Waals surface area contributed by atoms with Gasteiger partial charge in [0.15, 0.2) is 0 Å². The molecule has 0 saturated carbocycles. The number of rotatable bonds is 6. The molecule has 0 amide bonds. The van der Waals surface area contributed by atoms with E-state index >= 15 is 0 Å². The molecule has 84 valence electrons. The minimum absolute atomic E-state index is 0.955. The summed E-state index contributed by atoms with van der Waals surface area (Å²) in [7, 11) is 2.25. The molecule has 2 atom stereocenters. The van der Waals surface area contributed by atoms with Crippen molar-refractivity contribution in [3.8, 4) is 0 Å². The van der Waals surface area contributed by atoms with Crippen LogP contribution in [-0.2, 0) is 0 Å². The number of unbranched alkanes of at least 4 members (excludes halogenated alkanes) is 3. The van der Waals surface area contributed by atoms with Crippen molar-refractivity contribution in [1.29, 1.82) is 0 Å². The first-order valence-corrected chi connectivity index (χ1v) is 6.42. The lowest BCUT2D eigenvalue weighted by Crippen LogP contribution is -2.17. The zero-order chi connectivity index (χ0) is 10.4. The normalized spacial score (nSPS) is 25.5. The number of likely N-dealkylation sites (tertiary alicyclic amines) is 1. The fraction of sp³-hybridized carbons (Fsp3) is 1.00. The van der Waals surface area contributed by atoms with E-state index < -0.39 is 0 Å². The standard InChI is InChI=1S/C13H27N/c1-4-5-6-7-8-12(2)13-9-10-14(3)11-13/h12-13H,4-11H2,1-3H3/t12?,13-/m1/s1. The van der Waals surface area contributed by atoms with Gasteiger partial charge < -0.3 is 4.90 Å². The number of hydrogen-bond donors (Lipinski definition) is 0. The topological polar surface area (TPSA) is 3.24 Å². The molecule has 1 aliphatic rings. The van der Waals surface area contributed by atoms with Gasteiger partial charge in [0.1, 0.15) is 0 Å². The number of nitrogens with zero attached hydrogens (tertiary/aromatic N) is 1. The van der Waals surface area contributed by atoms with E-state index in [0.29, 0.717) is 0 Å². The van der Waals surface area contributed by atoms with Gasteiger partial charge in [0.05, 0.1) is 0 Å². The van der Waals surface area contributed by atoms with Gasteiger partial charge in [0.2, 0.25) is 0 Å². The molecule has 0 N–H and O–H groups in total. The molecule has 1 unspecified atom stereocenters. The van der Waals surface area contributed by atoms with Gasteiger partial charge in [-0.3, -0.25) is 0 Å². The molecule has 0 aromatic heterocycles. The molecule has 0 bridgehead atoms. The Bertz CT molecular complexity index is 144. The van der Waals surface area contributed by atoms with Gasteiger partial charge in [-0.05, 0) is 31.8 Å². The molecular formula is C13H27N. The monoisotopic (exact) mass is 197 g/mol. The SMILES string of the molecule is CCCCCCC(C)[C@@H]1CCN(C)C1. The van der Waals surface area contributed by atoms with E-state index in [-0.39, 0.29) is 0 Å². The van der Waals surface area contributed by atoms with Crippen molar-refractivity contribution in [3.63, 3.8) is 0 Å². The minimum atomic E-state index is 0.955. The van der Waals surface area contributed by atoms with Crippen molar-refractivity contribution in [2.24, 2.45) is 11.8 Å². The van der Waals surface area contributed by atoms with E-state index in [0.717, 1.165) is 11.8 Å². The third-order valence-corrected chi connectivity index (χ3v) is 3.75.